The molecular weight excluding hydrogens is 456 g/mol. The molecule has 0 saturated carbocycles. The zero-order valence-corrected chi connectivity index (χ0v) is 17.5. The third-order valence-corrected chi connectivity index (χ3v) is 5.67. The van der Waals surface area contributed by atoms with Crippen LogP contribution in [0, 0.1) is 0 Å². The Kier molecular flexibility index (Phi) is 4.71. The maximum Gasteiger partial charge on any atom is 0.271 e. The predicted octanol–water partition coefficient (Wildman–Crippen LogP) is 2.22. The van der Waals surface area contributed by atoms with E-state index in [1.807, 2.05) is 6.07 Å². The van der Waals surface area contributed by atoms with Gasteiger partial charge >= 0.3 is 0 Å². The van der Waals surface area contributed by atoms with Gasteiger partial charge in [-0.15, -0.1) is 0 Å². The highest BCUT2D eigenvalue weighted by atomic mass is 79.9. The van der Waals surface area contributed by atoms with Gasteiger partial charge in [0.2, 0.25) is 5.88 Å². The van der Waals surface area contributed by atoms with Crippen molar-refractivity contribution in [2.24, 2.45) is 0 Å². The highest BCUT2D eigenvalue weighted by Crippen LogP contribution is 2.35. The fourth-order valence-electron chi connectivity index (χ4n) is 3.39. The van der Waals surface area contributed by atoms with E-state index in [0.29, 0.717) is 70.5 Å². The number of fused-ring (bicyclic) bond motifs is 2. The molecule has 4 aromatic rings. The van der Waals surface area contributed by atoms with Gasteiger partial charge in [0.05, 0.1) is 36.4 Å². The molecule has 154 valence electrons. The minimum atomic E-state index is -0.117. The maximum atomic E-state index is 13.0. The number of morpholine rings is 1. The van der Waals surface area contributed by atoms with E-state index in [1.165, 1.54) is 13.4 Å². The van der Waals surface area contributed by atoms with Crippen LogP contribution in [0.15, 0.2) is 23.1 Å². The first-order valence-electron chi connectivity index (χ1n) is 9.20. The van der Waals surface area contributed by atoms with Crippen molar-refractivity contribution in [3.8, 4) is 5.88 Å². The Hall–Kier alpha value is -3.25. The van der Waals surface area contributed by atoms with E-state index < -0.39 is 0 Å². The first-order valence-corrected chi connectivity index (χ1v) is 9.99. The lowest BCUT2D eigenvalue weighted by molar-refractivity contribution is 0.0299. The van der Waals surface area contributed by atoms with Crippen LogP contribution in [-0.2, 0) is 4.74 Å². The normalized spacial score (nSPS) is 14.4. The Morgan fingerprint density at radius 1 is 1.30 bits per heavy atom. The number of H-pyrrole nitrogens is 2. The summed E-state index contributed by atoms with van der Waals surface area (Å²) in [5.41, 5.74) is 2.19. The lowest BCUT2D eigenvalue weighted by Crippen LogP contribution is -2.40. The number of carbonyl (C=O) groups excluding carboxylic acids is 1. The van der Waals surface area contributed by atoms with Gasteiger partial charge in [-0.3, -0.25) is 9.89 Å². The van der Waals surface area contributed by atoms with Crippen LogP contribution in [0.3, 0.4) is 0 Å². The van der Waals surface area contributed by atoms with Crippen molar-refractivity contribution in [3.05, 3.63) is 28.8 Å². The third-order valence-electron chi connectivity index (χ3n) is 4.88. The fraction of sp³-hybridized carbons (Fsp3) is 0.278. The van der Waals surface area contributed by atoms with Gasteiger partial charge in [0, 0.05) is 18.5 Å². The summed E-state index contributed by atoms with van der Waals surface area (Å²) < 4.78 is 11.3. The monoisotopic (exact) mass is 472 g/mol. The summed E-state index contributed by atoms with van der Waals surface area (Å²) in [6, 6.07) is 1.86. The number of aromatic nitrogens is 6. The molecule has 0 atom stereocenters. The Balaban J connectivity index is 1.55. The van der Waals surface area contributed by atoms with Gasteiger partial charge in [-0.1, -0.05) is 0 Å². The number of hydrogen-bond acceptors (Lipinski definition) is 8. The molecule has 4 aromatic heterocycles. The molecular formula is C18H17BrN8O3. The van der Waals surface area contributed by atoms with E-state index in [-0.39, 0.29) is 5.91 Å². The summed E-state index contributed by atoms with van der Waals surface area (Å²) in [5, 5.41) is 11.5. The topological polar surface area (TPSA) is 134 Å². The molecule has 0 aliphatic carbocycles. The average Bonchev–Trinajstić information content (AvgIpc) is 3.37. The van der Waals surface area contributed by atoms with Crippen LogP contribution in [0.1, 0.15) is 10.5 Å². The molecule has 12 heteroatoms. The van der Waals surface area contributed by atoms with Crippen molar-refractivity contribution < 1.29 is 14.3 Å². The molecule has 30 heavy (non-hydrogen) atoms. The molecule has 1 fully saturated rings. The number of rotatable bonds is 4. The summed E-state index contributed by atoms with van der Waals surface area (Å²) in [5.74, 6) is 0.773. The van der Waals surface area contributed by atoms with Gasteiger partial charge in [-0.25, -0.2) is 9.97 Å². The number of amides is 1. The Labute approximate surface area is 178 Å². The molecule has 0 spiro atoms. The highest BCUT2D eigenvalue weighted by molar-refractivity contribution is 9.10. The lowest BCUT2D eigenvalue weighted by Gasteiger charge is -2.26. The Morgan fingerprint density at radius 3 is 2.93 bits per heavy atom. The maximum absolute atomic E-state index is 13.0. The molecule has 1 amide bonds. The van der Waals surface area contributed by atoms with Crippen LogP contribution in [0.2, 0.25) is 0 Å². The quantitative estimate of drug-likeness (QED) is 0.411. The largest absolute Gasteiger partial charge is 0.479 e. The summed E-state index contributed by atoms with van der Waals surface area (Å²) in [7, 11) is 1.54. The molecule has 1 saturated heterocycles. The van der Waals surface area contributed by atoms with E-state index in [4.69, 9.17) is 9.47 Å². The number of nitrogens with one attached hydrogen (secondary N) is 3. The molecule has 0 radical (unpaired) electrons. The van der Waals surface area contributed by atoms with E-state index >= 15 is 0 Å². The second kappa shape index (κ2) is 7.54. The van der Waals surface area contributed by atoms with Crippen LogP contribution in [-0.4, -0.2) is 74.4 Å². The molecule has 1 aliphatic heterocycles. The third kappa shape index (κ3) is 3.13. The van der Waals surface area contributed by atoms with Gasteiger partial charge in [0.15, 0.2) is 5.65 Å². The van der Waals surface area contributed by atoms with Crippen LogP contribution in [0.25, 0.3) is 22.1 Å². The Morgan fingerprint density at radius 2 is 2.13 bits per heavy atom. The molecule has 3 N–H and O–H groups in total. The number of aromatic amines is 2. The van der Waals surface area contributed by atoms with Gasteiger partial charge < -0.3 is 24.7 Å². The van der Waals surface area contributed by atoms with Gasteiger partial charge in [0.25, 0.3) is 5.91 Å². The molecule has 1 aliphatic rings. The number of anilines is 2. The van der Waals surface area contributed by atoms with Crippen molar-refractivity contribution in [1.29, 1.82) is 0 Å². The smallest absolute Gasteiger partial charge is 0.271 e. The summed E-state index contributed by atoms with van der Waals surface area (Å²) in [6.07, 6.45) is 3.10. The zero-order valence-electron chi connectivity index (χ0n) is 15.9. The Bertz CT molecular complexity index is 1250. The zero-order chi connectivity index (χ0) is 20.7. The summed E-state index contributed by atoms with van der Waals surface area (Å²) in [6.45, 7) is 2.15. The molecule has 0 unspecified atom stereocenters. The lowest BCUT2D eigenvalue weighted by atomic mass is 10.2. The predicted molar refractivity (Wildman–Crippen MR) is 112 cm³/mol. The number of pyridine rings is 1. The van der Waals surface area contributed by atoms with Crippen LogP contribution < -0.4 is 10.1 Å². The second-order valence-electron chi connectivity index (χ2n) is 6.64. The number of carbonyl (C=O) groups is 1. The van der Waals surface area contributed by atoms with Crippen molar-refractivity contribution in [2.45, 2.75) is 0 Å². The number of halogens is 1. The van der Waals surface area contributed by atoms with Gasteiger partial charge in [-0.2, -0.15) is 10.1 Å². The van der Waals surface area contributed by atoms with Crippen LogP contribution in [0.4, 0.5) is 11.5 Å². The number of ether oxygens (including phenoxy) is 2. The number of nitrogens with zero attached hydrogens (tertiary/aromatic N) is 5. The average molecular weight is 473 g/mol. The summed E-state index contributed by atoms with van der Waals surface area (Å²) >= 11 is 3.56. The van der Waals surface area contributed by atoms with Crippen molar-refractivity contribution in [2.75, 3.05) is 38.7 Å². The number of methoxy groups -OCH3 is 1. The van der Waals surface area contributed by atoms with Crippen LogP contribution >= 0.6 is 15.9 Å². The second-order valence-corrected chi connectivity index (χ2v) is 7.44. The minimum absolute atomic E-state index is 0.117. The van der Waals surface area contributed by atoms with Crippen molar-refractivity contribution in [1.82, 2.24) is 35.0 Å². The molecule has 11 nitrogen and oxygen atoms in total. The molecule has 0 bridgehead atoms. The van der Waals surface area contributed by atoms with Gasteiger partial charge in [0.1, 0.15) is 29.2 Å². The van der Waals surface area contributed by atoms with Crippen molar-refractivity contribution in [3.63, 3.8) is 0 Å². The first-order chi connectivity index (χ1) is 14.7. The highest BCUT2D eigenvalue weighted by Gasteiger charge is 2.25. The molecule has 5 heterocycles. The van der Waals surface area contributed by atoms with E-state index in [9.17, 15) is 4.79 Å². The van der Waals surface area contributed by atoms with E-state index in [0.717, 1.165) is 5.39 Å². The van der Waals surface area contributed by atoms with Crippen LogP contribution in [0.5, 0.6) is 5.88 Å². The summed E-state index contributed by atoms with van der Waals surface area (Å²) in [4.78, 5) is 30.9. The van der Waals surface area contributed by atoms with Gasteiger partial charge in [-0.05, 0) is 22.0 Å². The van der Waals surface area contributed by atoms with E-state index in [2.05, 4.69) is 51.4 Å². The standard InChI is InChI=1S/C18H17BrN8O3/c1-29-17-10(6-9-7-22-26-14(9)25-17)23-15-11-12(19)13(24-16(11)21-8-20-15)18(28)27-2-4-30-5-3-27/h6-8H,2-5H2,1H3,(H,22,25,26)(H2,20,21,23,24). The number of hydrogen-bond donors (Lipinski definition) is 3. The SMILES string of the molecule is COc1nc2[nH]ncc2cc1Nc1ncnc2[nH]c(C(=O)N3CCOCC3)c(Br)c12. The molecule has 5 rings (SSSR count). The fourth-order valence-corrected chi connectivity index (χ4v) is 4.03. The van der Waals surface area contributed by atoms with E-state index in [1.54, 1.807) is 11.1 Å². The van der Waals surface area contributed by atoms with Crippen molar-refractivity contribution >= 4 is 55.4 Å². The minimum Gasteiger partial charge on any atom is -0.479 e. The molecule has 0 aromatic carbocycles. The first kappa shape index (κ1) is 18.8.